The fourth-order valence-corrected chi connectivity index (χ4v) is 1.80. The molecule has 0 aromatic heterocycles. The highest BCUT2D eigenvalue weighted by atomic mass is 35.6. The fourth-order valence-electron chi connectivity index (χ4n) is 0.200. The Morgan fingerprint density at radius 2 is 1.56 bits per heavy atom. The van der Waals surface area contributed by atoms with Crippen molar-refractivity contribution in [2.24, 2.45) is 0 Å². The van der Waals surface area contributed by atoms with Crippen molar-refractivity contribution < 1.29 is 13.0 Å². The van der Waals surface area contributed by atoms with Gasteiger partial charge in [-0.25, -0.2) is 0 Å². The lowest BCUT2D eigenvalue weighted by molar-refractivity contribution is 0.414. The van der Waals surface area contributed by atoms with Gasteiger partial charge in [0.2, 0.25) is 3.79 Å². The van der Waals surface area contributed by atoms with Crippen molar-refractivity contribution in [3.8, 4) is 0 Å². The minimum absolute atomic E-state index is 0.995. The zero-order valence-corrected chi connectivity index (χ0v) is 7.06. The first-order chi connectivity index (χ1) is 3.71. The molecule has 0 fully saturated rings. The van der Waals surface area contributed by atoms with Gasteiger partial charge in [0.15, 0.2) is 0 Å². The minimum Gasteiger partial charge on any atom is -0.197 e. The Labute approximate surface area is 67.6 Å². The second kappa shape index (κ2) is 2.80. The molecule has 0 aromatic rings. The zero-order chi connectivity index (χ0) is 7.71. The molecule has 0 aliphatic heterocycles. The molecule has 0 N–H and O–H groups in total. The van der Waals surface area contributed by atoms with Crippen LogP contribution in [0, 0.1) is 0 Å². The molecule has 0 saturated carbocycles. The van der Waals surface area contributed by atoms with Crippen LogP contribution in [-0.2, 0) is 14.7 Å². The summed E-state index contributed by atoms with van der Waals surface area (Å²) in [5, 5.41) is 0. The summed E-state index contributed by atoms with van der Waals surface area (Å²) in [5.41, 5.74) is 0. The topological polar surface area (TPSA) is 54.0 Å². The van der Waals surface area contributed by atoms with Crippen LogP contribution in [-0.4, -0.2) is 18.0 Å². The predicted octanol–water partition coefficient (Wildman–Crippen LogP) is 1.12. The van der Waals surface area contributed by atoms with Crippen LogP contribution in [0.5, 0.6) is 0 Å². The Hall–Kier alpha value is 0.780. The maximum absolute atomic E-state index is 9.84. The molecule has 0 bridgehead atoms. The first-order valence-corrected chi connectivity index (χ1v) is 4.42. The number of alkyl halides is 3. The van der Waals surface area contributed by atoms with Gasteiger partial charge in [-0.05, 0) is 0 Å². The maximum atomic E-state index is 9.84. The SMILES string of the molecule is [O]S(=O)(=O)CC(Cl)(Cl)Cl. The molecule has 0 aromatic carbocycles. The van der Waals surface area contributed by atoms with E-state index in [2.05, 4.69) is 0 Å². The molecule has 0 aliphatic carbocycles. The fraction of sp³-hybridized carbons (Fsp3) is 1.00. The molecule has 0 saturated heterocycles. The van der Waals surface area contributed by atoms with Crippen molar-refractivity contribution in [1.29, 1.82) is 0 Å². The van der Waals surface area contributed by atoms with Crippen molar-refractivity contribution in [1.82, 2.24) is 0 Å². The molecule has 0 spiro atoms. The van der Waals surface area contributed by atoms with Gasteiger partial charge in [-0.3, -0.25) is 0 Å². The standard InChI is InChI=1S/C2H2Cl3O3S/c3-2(4,5)1-9(6,7)8/h1H2. The van der Waals surface area contributed by atoms with Crippen LogP contribution < -0.4 is 0 Å². The third kappa shape index (κ3) is 8.78. The van der Waals surface area contributed by atoms with Crippen molar-refractivity contribution >= 4 is 44.9 Å². The van der Waals surface area contributed by atoms with E-state index in [1.54, 1.807) is 0 Å². The molecule has 0 rings (SSSR count). The van der Waals surface area contributed by atoms with E-state index >= 15 is 0 Å². The largest absolute Gasteiger partial charge is 0.298 e. The molecular weight excluding hydrogens is 210 g/mol. The normalized spacial score (nSPS) is 13.8. The Bertz CT molecular complexity index is 178. The first-order valence-electron chi connectivity index (χ1n) is 1.71. The summed E-state index contributed by atoms with van der Waals surface area (Å²) in [7, 11) is -4.43. The third-order valence-electron chi connectivity index (χ3n) is 0.340. The predicted molar refractivity (Wildman–Crippen MR) is 34.8 cm³/mol. The molecule has 7 heteroatoms. The number of halogens is 3. The van der Waals surface area contributed by atoms with E-state index in [0.29, 0.717) is 0 Å². The Balaban J connectivity index is 4.07. The summed E-state index contributed by atoms with van der Waals surface area (Å²) >= 11 is 14.9. The van der Waals surface area contributed by atoms with E-state index < -0.39 is 19.7 Å². The summed E-state index contributed by atoms with van der Waals surface area (Å²) in [4.78, 5) is 0. The summed E-state index contributed by atoms with van der Waals surface area (Å²) in [6.07, 6.45) is 0. The van der Waals surface area contributed by atoms with E-state index in [-0.39, 0.29) is 0 Å². The lowest BCUT2D eigenvalue weighted by atomic mass is 10.9. The molecule has 0 amide bonds. The Morgan fingerprint density at radius 1 is 1.22 bits per heavy atom. The van der Waals surface area contributed by atoms with E-state index in [1.165, 1.54) is 0 Å². The van der Waals surface area contributed by atoms with Gasteiger partial charge in [0.25, 0.3) is 10.1 Å². The lowest BCUT2D eigenvalue weighted by Crippen LogP contribution is -2.17. The van der Waals surface area contributed by atoms with Gasteiger partial charge in [0.05, 0.1) is 0 Å². The number of rotatable bonds is 1. The molecule has 9 heavy (non-hydrogen) atoms. The van der Waals surface area contributed by atoms with Gasteiger partial charge in [-0.1, -0.05) is 39.4 Å². The summed E-state index contributed by atoms with van der Waals surface area (Å²) in [6.45, 7) is 0. The van der Waals surface area contributed by atoms with Crippen molar-refractivity contribution in [3.05, 3.63) is 0 Å². The monoisotopic (exact) mass is 211 g/mol. The van der Waals surface area contributed by atoms with Gasteiger partial charge in [0.1, 0.15) is 5.75 Å². The summed E-state index contributed by atoms with van der Waals surface area (Å²) in [5.74, 6) is -0.995. The van der Waals surface area contributed by atoms with Gasteiger partial charge in [-0.2, -0.15) is 8.42 Å². The van der Waals surface area contributed by atoms with Gasteiger partial charge < -0.3 is 0 Å². The van der Waals surface area contributed by atoms with E-state index in [4.69, 9.17) is 34.8 Å². The van der Waals surface area contributed by atoms with Gasteiger partial charge >= 0.3 is 0 Å². The van der Waals surface area contributed by atoms with E-state index in [9.17, 15) is 13.0 Å². The highest BCUT2D eigenvalue weighted by molar-refractivity contribution is 7.85. The molecule has 3 nitrogen and oxygen atoms in total. The van der Waals surface area contributed by atoms with Crippen molar-refractivity contribution in [2.75, 3.05) is 5.75 Å². The Morgan fingerprint density at radius 3 is 1.56 bits per heavy atom. The third-order valence-corrected chi connectivity index (χ3v) is 2.00. The van der Waals surface area contributed by atoms with Gasteiger partial charge in [-0.15, -0.1) is 0 Å². The number of hydrogen-bond acceptors (Lipinski definition) is 2. The van der Waals surface area contributed by atoms with Crippen LogP contribution in [0.15, 0.2) is 0 Å². The minimum atomic E-state index is -4.43. The molecule has 0 unspecified atom stereocenters. The molecule has 0 aliphatic rings. The average Bonchev–Trinajstić information content (AvgIpc) is 1.14. The van der Waals surface area contributed by atoms with E-state index in [0.717, 1.165) is 0 Å². The quantitative estimate of drug-likeness (QED) is 0.612. The molecular formula is C2H2Cl3O3S. The van der Waals surface area contributed by atoms with Crippen LogP contribution >= 0.6 is 34.8 Å². The highest BCUT2D eigenvalue weighted by Crippen LogP contribution is 2.27. The highest BCUT2D eigenvalue weighted by Gasteiger charge is 2.27. The van der Waals surface area contributed by atoms with Gasteiger partial charge in [0, 0.05) is 0 Å². The van der Waals surface area contributed by atoms with Crippen LogP contribution in [0.4, 0.5) is 0 Å². The van der Waals surface area contributed by atoms with Crippen LogP contribution in [0.25, 0.3) is 0 Å². The molecule has 0 atom stereocenters. The average molecular weight is 212 g/mol. The summed E-state index contributed by atoms with van der Waals surface area (Å²) in [6, 6.07) is 0. The summed E-state index contributed by atoms with van der Waals surface area (Å²) < 4.78 is 27.5. The smallest absolute Gasteiger partial charge is 0.197 e. The van der Waals surface area contributed by atoms with Crippen LogP contribution in [0.3, 0.4) is 0 Å². The number of hydrogen-bond donors (Lipinski definition) is 0. The zero-order valence-electron chi connectivity index (χ0n) is 3.97. The van der Waals surface area contributed by atoms with E-state index in [1.807, 2.05) is 0 Å². The Kier molecular flexibility index (Phi) is 3.04. The first kappa shape index (κ1) is 9.78. The second-order valence-electron chi connectivity index (χ2n) is 1.32. The van der Waals surface area contributed by atoms with Crippen LogP contribution in [0.1, 0.15) is 0 Å². The van der Waals surface area contributed by atoms with Crippen LogP contribution in [0.2, 0.25) is 0 Å². The molecule has 1 radical (unpaired) electrons. The second-order valence-corrected chi connectivity index (χ2v) is 5.24. The lowest BCUT2D eigenvalue weighted by Gasteiger charge is -2.04. The maximum Gasteiger partial charge on any atom is 0.298 e. The molecule has 55 valence electrons. The van der Waals surface area contributed by atoms with Crippen molar-refractivity contribution in [2.45, 2.75) is 3.79 Å². The molecule has 0 heterocycles. The van der Waals surface area contributed by atoms with Crippen molar-refractivity contribution in [3.63, 3.8) is 0 Å².